The van der Waals surface area contributed by atoms with Crippen LogP contribution in [0.1, 0.15) is 0 Å². The first-order valence-corrected chi connectivity index (χ1v) is 14.3. The Balaban J connectivity index is 1.51. The summed E-state index contributed by atoms with van der Waals surface area (Å²) in [6.45, 7) is 0. The Labute approximate surface area is 242 Å². The standard InChI is InChI=1S/C39H25N3/c1-3-13-26(14-4-1)33-24-29(25-34(40-33)27-15-5-2-6-16-27)41-36-22-12-10-20-32(36)38-31-19-9-8-18-30(31)37-23-28-17-7-11-21-35(28)42(37)39(38)41/h1-25H. The first kappa shape index (κ1) is 23.1. The van der Waals surface area contributed by atoms with Gasteiger partial charge in [-0.1, -0.05) is 121 Å². The second-order valence-electron chi connectivity index (χ2n) is 10.8. The fraction of sp³-hybridized carbons (Fsp3) is 0. The summed E-state index contributed by atoms with van der Waals surface area (Å²) in [4.78, 5) is 5.18. The number of hydrogen-bond donors (Lipinski definition) is 0. The number of benzene rings is 5. The van der Waals surface area contributed by atoms with Crippen LogP contribution in [0.5, 0.6) is 0 Å². The Kier molecular flexibility index (Phi) is 4.90. The Morgan fingerprint density at radius 3 is 1.67 bits per heavy atom. The number of fused-ring (bicyclic) bond motifs is 10. The molecule has 0 aliphatic heterocycles. The molecule has 5 aromatic carbocycles. The van der Waals surface area contributed by atoms with Gasteiger partial charge in [0.2, 0.25) is 0 Å². The molecular formula is C39H25N3. The molecule has 3 nitrogen and oxygen atoms in total. The van der Waals surface area contributed by atoms with E-state index in [0.717, 1.165) is 33.8 Å². The van der Waals surface area contributed by atoms with E-state index in [1.807, 2.05) is 0 Å². The van der Waals surface area contributed by atoms with Crippen molar-refractivity contribution in [3.63, 3.8) is 0 Å². The Bertz CT molecular complexity index is 2390. The number of pyridine rings is 2. The maximum atomic E-state index is 5.18. The van der Waals surface area contributed by atoms with Gasteiger partial charge in [0, 0.05) is 32.7 Å². The van der Waals surface area contributed by atoms with E-state index in [1.165, 1.54) is 43.5 Å². The van der Waals surface area contributed by atoms with Gasteiger partial charge in [-0.25, -0.2) is 4.98 Å². The molecule has 4 aromatic heterocycles. The van der Waals surface area contributed by atoms with Gasteiger partial charge in [0.05, 0.1) is 33.6 Å². The molecule has 0 fully saturated rings. The molecular weight excluding hydrogens is 510 g/mol. The van der Waals surface area contributed by atoms with Gasteiger partial charge in [-0.3, -0.25) is 8.97 Å². The van der Waals surface area contributed by atoms with E-state index in [9.17, 15) is 0 Å². The van der Waals surface area contributed by atoms with Crippen LogP contribution in [0.3, 0.4) is 0 Å². The molecule has 9 rings (SSSR count). The van der Waals surface area contributed by atoms with Crippen LogP contribution in [0, 0.1) is 0 Å². The van der Waals surface area contributed by atoms with Crippen LogP contribution in [0.25, 0.3) is 77.3 Å². The molecule has 0 N–H and O–H groups in total. The Morgan fingerprint density at radius 1 is 0.429 bits per heavy atom. The van der Waals surface area contributed by atoms with Crippen LogP contribution in [-0.4, -0.2) is 14.0 Å². The second-order valence-corrected chi connectivity index (χ2v) is 10.8. The zero-order chi connectivity index (χ0) is 27.6. The minimum Gasteiger partial charge on any atom is -0.295 e. The van der Waals surface area contributed by atoms with Crippen molar-refractivity contribution in [2.24, 2.45) is 0 Å². The summed E-state index contributed by atoms with van der Waals surface area (Å²) in [5, 5.41) is 6.25. The van der Waals surface area contributed by atoms with Crippen molar-refractivity contribution in [3.05, 3.63) is 152 Å². The fourth-order valence-corrected chi connectivity index (χ4v) is 6.63. The highest BCUT2D eigenvalue weighted by atomic mass is 15.1. The van der Waals surface area contributed by atoms with Crippen molar-refractivity contribution in [2.75, 3.05) is 0 Å². The molecule has 0 spiro atoms. The summed E-state index contributed by atoms with van der Waals surface area (Å²) >= 11 is 0. The van der Waals surface area contributed by atoms with Gasteiger partial charge in [-0.05, 0) is 35.7 Å². The molecule has 0 saturated heterocycles. The minimum absolute atomic E-state index is 0.951. The van der Waals surface area contributed by atoms with Gasteiger partial charge in [-0.15, -0.1) is 0 Å². The molecule has 4 heterocycles. The number of hydrogen-bond acceptors (Lipinski definition) is 1. The van der Waals surface area contributed by atoms with Crippen LogP contribution in [-0.2, 0) is 0 Å². The van der Waals surface area contributed by atoms with Crippen LogP contribution >= 0.6 is 0 Å². The van der Waals surface area contributed by atoms with Gasteiger partial charge < -0.3 is 0 Å². The number of aromatic nitrogens is 3. The smallest absolute Gasteiger partial charge is 0.131 e. The van der Waals surface area contributed by atoms with Gasteiger partial charge in [0.25, 0.3) is 0 Å². The van der Waals surface area contributed by atoms with Crippen molar-refractivity contribution in [1.29, 1.82) is 0 Å². The van der Waals surface area contributed by atoms with Crippen LogP contribution < -0.4 is 0 Å². The van der Waals surface area contributed by atoms with Crippen molar-refractivity contribution in [2.45, 2.75) is 0 Å². The fourth-order valence-electron chi connectivity index (χ4n) is 6.63. The number of nitrogens with zero attached hydrogens (tertiary/aromatic N) is 3. The maximum absolute atomic E-state index is 5.18. The van der Waals surface area contributed by atoms with E-state index in [1.54, 1.807) is 0 Å². The first-order chi connectivity index (χ1) is 20.8. The van der Waals surface area contributed by atoms with E-state index in [-0.39, 0.29) is 0 Å². The molecule has 3 heteroatoms. The lowest BCUT2D eigenvalue weighted by molar-refractivity contribution is 1.11. The lowest BCUT2D eigenvalue weighted by atomic mass is 10.1. The van der Waals surface area contributed by atoms with E-state index in [2.05, 4.69) is 161 Å². The number of rotatable bonds is 3. The molecule has 0 aliphatic rings. The molecule has 0 saturated carbocycles. The normalized spacial score (nSPS) is 11.8. The highest BCUT2D eigenvalue weighted by Crippen LogP contribution is 2.41. The van der Waals surface area contributed by atoms with Crippen LogP contribution in [0.4, 0.5) is 0 Å². The zero-order valence-electron chi connectivity index (χ0n) is 22.8. The molecule has 9 aromatic rings. The van der Waals surface area contributed by atoms with Gasteiger partial charge in [0.1, 0.15) is 5.65 Å². The highest BCUT2D eigenvalue weighted by Gasteiger charge is 2.21. The summed E-state index contributed by atoms with van der Waals surface area (Å²) < 4.78 is 4.90. The largest absolute Gasteiger partial charge is 0.295 e. The predicted octanol–water partition coefficient (Wildman–Crippen LogP) is 10.1. The van der Waals surface area contributed by atoms with E-state index in [0.29, 0.717) is 0 Å². The van der Waals surface area contributed by atoms with E-state index in [4.69, 9.17) is 4.98 Å². The molecule has 0 bridgehead atoms. The summed E-state index contributed by atoms with van der Waals surface area (Å²) in [6, 6.07) is 54.1. The quantitative estimate of drug-likeness (QED) is 0.221. The van der Waals surface area contributed by atoms with Gasteiger partial charge in [-0.2, -0.15) is 0 Å². The molecule has 0 amide bonds. The third-order valence-corrected chi connectivity index (χ3v) is 8.45. The average molecular weight is 536 g/mol. The lowest BCUT2D eigenvalue weighted by Gasteiger charge is -2.15. The highest BCUT2D eigenvalue weighted by molar-refractivity contribution is 6.24. The second kappa shape index (κ2) is 8.92. The molecule has 0 atom stereocenters. The Morgan fingerprint density at radius 2 is 0.976 bits per heavy atom. The Hall–Kier alpha value is -5.67. The van der Waals surface area contributed by atoms with Crippen LogP contribution in [0.2, 0.25) is 0 Å². The minimum atomic E-state index is 0.951. The van der Waals surface area contributed by atoms with Crippen molar-refractivity contribution in [3.8, 4) is 28.2 Å². The third kappa shape index (κ3) is 3.31. The van der Waals surface area contributed by atoms with E-state index >= 15 is 0 Å². The third-order valence-electron chi connectivity index (χ3n) is 8.45. The lowest BCUT2D eigenvalue weighted by Crippen LogP contribution is -2.01. The van der Waals surface area contributed by atoms with Gasteiger partial charge >= 0.3 is 0 Å². The monoisotopic (exact) mass is 535 g/mol. The molecule has 0 aliphatic carbocycles. The summed E-state index contributed by atoms with van der Waals surface area (Å²) in [5.41, 5.74) is 9.93. The van der Waals surface area contributed by atoms with E-state index < -0.39 is 0 Å². The first-order valence-electron chi connectivity index (χ1n) is 14.3. The van der Waals surface area contributed by atoms with Crippen molar-refractivity contribution < 1.29 is 0 Å². The SMILES string of the molecule is c1ccc(-c2cc(-n3c4ccccc4c4c5ccccc5c5cc6ccccc6n5c43)cc(-c3ccccc3)n2)cc1. The molecule has 196 valence electrons. The summed E-state index contributed by atoms with van der Waals surface area (Å²) in [6.07, 6.45) is 0. The molecule has 0 radical (unpaired) electrons. The number of para-hydroxylation sites is 2. The molecule has 0 unspecified atom stereocenters. The zero-order valence-corrected chi connectivity index (χ0v) is 22.8. The average Bonchev–Trinajstić information content (AvgIpc) is 3.62. The molecule has 42 heavy (non-hydrogen) atoms. The topological polar surface area (TPSA) is 22.2 Å². The summed E-state index contributed by atoms with van der Waals surface area (Å²) in [5.74, 6) is 0. The van der Waals surface area contributed by atoms with Gasteiger partial charge in [0.15, 0.2) is 0 Å². The predicted molar refractivity (Wildman–Crippen MR) is 175 cm³/mol. The van der Waals surface area contributed by atoms with Crippen molar-refractivity contribution in [1.82, 2.24) is 14.0 Å². The summed E-state index contributed by atoms with van der Waals surface area (Å²) in [7, 11) is 0. The van der Waals surface area contributed by atoms with Crippen LogP contribution in [0.15, 0.2) is 152 Å². The van der Waals surface area contributed by atoms with Crippen molar-refractivity contribution >= 4 is 49.1 Å². The maximum Gasteiger partial charge on any atom is 0.131 e.